The number of likely N-dealkylation sites (tertiary alicyclic amines) is 1. The van der Waals surface area contributed by atoms with Gasteiger partial charge in [-0.25, -0.2) is 0 Å². The van der Waals surface area contributed by atoms with Gasteiger partial charge >= 0.3 is 0 Å². The highest BCUT2D eigenvalue weighted by atomic mass is 127. The zero-order chi connectivity index (χ0) is 20.1. The van der Waals surface area contributed by atoms with Gasteiger partial charge in [0.1, 0.15) is 0 Å². The summed E-state index contributed by atoms with van der Waals surface area (Å²) in [6.45, 7) is 6.65. The van der Waals surface area contributed by atoms with Gasteiger partial charge in [-0.15, -0.1) is 24.0 Å². The summed E-state index contributed by atoms with van der Waals surface area (Å²) in [7, 11) is 1.92. The quantitative estimate of drug-likeness (QED) is 0.317. The van der Waals surface area contributed by atoms with Crippen molar-refractivity contribution in [2.45, 2.75) is 95.5 Å². The summed E-state index contributed by atoms with van der Waals surface area (Å²) in [5.74, 6) is 1.07. The molecule has 1 spiro atoms. The van der Waals surface area contributed by atoms with Crippen LogP contribution >= 0.6 is 24.0 Å². The van der Waals surface area contributed by atoms with Crippen molar-refractivity contribution in [2.24, 2.45) is 10.4 Å². The Morgan fingerprint density at radius 2 is 1.87 bits per heavy atom. The smallest absolute Gasteiger partial charge is 0.193 e. The minimum Gasteiger partial charge on any atom is -0.378 e. The van der Waals surface area contributed by atoms with Crippen LogP contribution in [0.3, 0.4) is 0 Å². The van der Waals surface area contributed by atoms with E-state index in [1.165, 1.54) is 38.5 Å². The SMILES string of the molecule is CCOC1CC(NC(=NC)N2CCC(OCC3CCCCO3)CC2)C12CCCC2.I. The molecule has 3 unspecified atom stereocenters. The van der Waals surface area contributed by atoms with Gasteiger partial charge in [0.05, 0.1) is 24.9 Å². The van der Waals surface area contributed by atoms with Gasteiger partial charge in [-0.3, -0.25) is 4.99 Å². The fourth-order valence-corrected chi connectivity index (χ4v) is 5.96. The second kappa shape index (κ2) is 11.7. The van der Waals surface area contributed by atoms with E-state index in [1.807, 2.05) is 7.05 Å². The van der Waals surface area contributed by atoms with Crippen molar-refractivity contribution in [3.63, 3.8) is 0 Å². The summed E-state index contributed by atoms with van der Waals surface area (Å²) in [5, 5.41) is 3.83. The molecular formula is C23H42IN3O3. The predicted octanol–water partition coefficient (Wildman–Crippen LogP) is 3.97. The number of halogens is 1. The number of ether oxygens (including phenoxy) is 3. The van der Waals surface area contributed by atoms with Gasteiger partial charge in [-0.2, -0.15) is 0 Å². The first kappa shape index (κ1) is 24.5. The molecule has 2 aliphatic heterocycles. The molecule has 0 radical (unpaired) electrons. The maximum absolute atomic E-state index is 6.19. The molecule has 174 valence electrons. The van der Waals surface area contributed by atoms with Crippen LogP contribution in [0.25, 0.3) is 0 Å². The lowest BCUT2D eigenvalue weighted by atomic mass is 9.60. The van der Waals surface area contributed by atoms with E-state index in [-0.39, 0.29) is 24.0 Å². The van der Waals surface area contributed by atoms with Crippen LogP contribution in [0.2, 0.25) is 0 Å². The number of rotatable bonds is 6. The third-order valence-corrected chi connectivity index (χ3v) is 7.74. The minimum atomic E-state index is 0. The van der Waals surface area contributed by atoms with Crippen LogP contribution in [-0.2, 0) is 14.2 Å². The van der Waals surface area contributed by atoms with E-state index in [9.17, 15) is 0 Å². The van der Waals surface area contributed by atoms with Crippen LogP contribution in [0, 0.1) is 5.41 Å². The average Bonchev–Trinajstić information content (AvgIpc) is 3.29. The van der Waals surface area contributed by atoms with Crippen molar-refractivity contribution in [1.82, 2.24) is 10.2 Å². The lowest BCUT2D eigenvalue weighted by Gasteiger charge is -2.55. The standard InChI is InChI=1S/C23H41N3O3.HI/c1-3-27-21-16-20(23(21)11-5-6-12-23)25-22(24-2)26-13-9-18(10-14-26)29-17-19-8-4-7-15-28-19;/h18-21H,3-17H2,1-2H3,(H,24,25);1H. The highest BCUT2D eigenvalue weighted by Crippen LogP contribution is 2.54. The Morgan fingerprint density at radius 1 is 1.10 bits per heavy atom. The highest BCUT2D eigenvalue weighted by molar-refractivity contribution is 14.0. The van der Waals surface area contributed by atoms with Gasteiger partial charge in [0.15, 0.2) is 5.96 Å². The topological polar surface area (TPSA) is 55.3 Å². The van der Waals surface area contributed by atoms with E-state index < -0.39 is 0 Å². The molecule has 0 amide bonds. The Kier molecular flexibility index (Phi) is 9.53. The monoisotopic (exact) mass is 535 g/mol. The fourth-order valence-electron chi connectivity index (χ4n) is 5.96. The lowest BCUT2D eigenvalue weighted by molar-refractivity contribution is -0.126. The predicted molar refractivity (Wildman–Crippen MR) is 131 cm³/mol. The molecule has 4 aliphatic rings. The van der Waals surface area contributed by atoms with Crippen LogP contribution in [0.5, 0.6) is 0 Å². The second-order valence-corrected chi connectivity index (χ2v) is 9.37. The summed E-state index contributed by atoms with van der Waals surface area (Å²) >= 11 is 0. The van der Waals surface area contributed by atoms with E-state index in [0.717, 1.165) is 64.6 Å². The Balaban J connectivity index is 0.00000256. The number of hydrogen-bond acceptors (Lipinski definition) is 4. The zero-order valence-electron chi connectivity index (χ0n) is 18.9. The van der Waals surface area contributed by atoms with Gasteiger partial charge in [-0.1, -0.05) is 12.8 Å². The molecule has 6 nitrogen and oxygen atoms in total. The lowest BCUT2D eigenvalue weighted by Crippen LogP contribution is -2.65. The molecule has 2 aliphatic carbocycles. The van der Waals surface area contributed by atoms with Crippen molar-refractivity contribution < 1.29 is 14.2 Å². The molecule has 30 heavy (non-hydrogen) atoms. The molecule has 0 bridgehead atoms. The second-order valence-electron chi connectivity index (χ2n) is 9.37. The summed E-state index contributed by atoms with van der Waals surface area (Å²) in [5.41, 5.74) is 0.341. The van der Waals surface area contributed by atoms with Crippen molar-refractivity contribution in [2.75, 3.05) is 40.0 Å². The van der Waals surface area contributed by atoms with E-state index in [4.69, 9.17) is 14.2 Å². The van der Waals surface area contributed by atoms with Crippen LogP contribution in [0.4, 0.5) is 0 Å². The molecule has 0 aromatic rings. The summed E-state index contributed by atoms with van der Waals surface area (Å²) in [4.78, 5) is 7.06. The van der Waals surface area contributed by atoms with Crippen LogP contribution in [-0.4, -0.2) is 75.2 Å². The molecule has 2 heterocycles. The maximum atomic E-state index is 6.19. The first-order valence-electron chi connectivity index (χ1n) is 12.1. The minimum absolute atomic E-state index is 0. The van der Waals surface area contributed by atoms with E-state index in [2.05, 4.69) is 22.1 Å². The fraction of sp³-hybridized carbons (Fsp3) is 0.957. The highest BCUT2D eigenvalue weighted by Gasteiger charge is 2.57. The molecule has 7 heteroatoms. The number of nitrogens with zero attached hydrogens (tertiary/aromatic N) is 2. The zero-order valence-corrected chi connectivity index (χ0v) is 21.3. The van der Waals surface area contributed by atoms with Crippen LogP contribution in [0.15, 0.2) is 4.99 Å². The van der Waals surface area contributed by atoms with Crippen molar-refractivity contribution >= 4 is 29.9 Å². The molecule has 2 saturated carbocycles. The number of nitrogens with one attached hydrogen (secondary N) is 1. The van der Waals surface area contributed by atoms with Crippen molar-refractivity contribution in [3.8, 4) is 0 Å². The van der Waals surface area contributed by atoms with Crippen LogP contribution in [0.1, 0.15) is 71.1 Å². The van der Waals surface area contributed by atoms with Crippen molar-refractivity contribution in [1.29, 1.82) is 0 Å². The molecule has 0 aromatic heterocycles. The Hall–Kier alpha value is -0.120. The van der Waals surface area contributed by atoms with Crippen LogP contribution < -0.4 is 5.32 Å². The molecule has 4 fully saturated rings. The Bertz CT molecular complexity index is 542. The number of piperidine rings is 1. The molecule has 2 saturated heterocycles. The number of hydrogen-bond donors (Lipinski definition) is 1. The van der Waals surface area contributed by atoms with Gasteiger partial charge in [0, 0.05) is 44.8 Å². The Labute approximate surface area is 199 Å². The summed E-state index contributed by atoms with van der Waals surface area (Å²) in [6, 6.07) is 0.512. The molecule has 3 atom stereocenters. The van der Waals surface area contributed by atoms with Gasteiger partial charge in [0.2, 0.25) is 0 Å². The normalized spacial score (nSPS) is 32.0. The average molecular weight is 536 g/mol. The number of aliphatic imine (C=N–C) groups is 1. The summed E-state index contributed by atoms with van der Waals surface area (Å²) in [6.07, 6.45) is 13.3. The van der Waals surface area contributed by atoms with Gasteiger partial charge in [-0.05, 0) is 58.3 Å². The molecule has 4 rings (SSSR count). The Morgan fingerprint density at radius 3 is 2.50 bits per heavy atom. The molecule has 0 aromatic carbocycles. The third kappa shape index (κ3) is 5.44. The van der Waals surface area contributed by atoms with Crippen molar-refractivity contribution in [3.05, 3.63) is 0 Å². The van der Waals surface area contributed by atoms with E-state index >= 15 is 0 Å². The third-order valence-electron chi connectivity index (χ3n) is 7.74. The molecular weight excluding hydrogens is 493 g/mol. The van der Waals surface area contributed by atoms with E-state index in [1.54, 1.807) is 0 Å². The first-order chi connectivity index (χ1) is 14.2. The first-order valence-corrected chi connectivity index (χ1v) is 12.1. The number of guanidine groups is 1. The van der Waals surface area contributed by atoms with E-state index in [0.29, 0.717) is 29.8 Å². The summed E-state index contributed by atoms with van der Waals surface area (Å²) < 4.78 is 18.1. The molecule has 1 N–H and O–H groups in total. The largest absolute Gasteiger partial charge is 0.378 e. The van der Waals surface area contributed by atoms with Gasteiger partial charge < -0.3 is 24.4 Å². The van der Waals surface area contributed by atoms with Gasteiger partial charge in [0.25, 0.3) is 0 Å². The maximum Gasteiger partial charge on any atom is 0.193 e.